The molecule has 1 saturated heterocycles. The summed E-state index contributed by atoms with van der Waals surface area (Å²) < 4.78 is 11.4. The standard InChI is InChI=1S/C19H19BrN2O4/c1-19(13-7-8-15(25-2)16(10-13)26-3)17(23)22(18(24)21-19)11-12-5-4-6-14(20)9-12/h4-10H,11H2,1-3H3,(H,21,24)/t19-/m0/s1. The number of ether oxygens (including phenoxy) is 2. The second-order valence-corrected chi connectivity index (χ2v) is 7.06. The maximum absolute atomic E-state index is 13.0. The van der Waals surface area contributed by atoms with Crippen LogP contribution in [-0.4, -0.2) is 31.1 Å². The Balaban J connectivity index is 1.92. The minimum Gasteiger partial charge on any atom is -0.493 e. The van der Waals surface area contributed by atoms with Crippen LogP contribution >= 0.6 is 15.9 Å². The van der Waals surface area contributed by atoms with E-state index < -0.39 is 11.6 Å². The monoisotopic (exact) mass is 418 g/mol. The third-order valence-electron chi connectivity index (χ3n) is 4.47. The van der Waals surface area contributed by atoms with E-state index in [-0.39, 0.29) is 12.5 Å². The van der Waals surface area contributed by atoms with Gasteiger partial charge in [-0.3, -0.25) is 9.69 Å². The number of carbonyl (C=O) groups excluding carboxylic acids is 2. The molecule has 2 aromatic carbocycles. The molecule has 1 fully saturated rings. The minimum atomic E-state index is -1.16. The average molecular weight is 419 g/mol. The largest absolute Gasteiger partial charge is 0.493 e. The SMILES string of the molecule is COc1ccc([C@]2(C)NC(=O)N(Cc3cccc(Br)c3)C2=O)cc1OC. The van der Waals surface area contributed by atoms with Crippen molar-refractivity contribution >= 4 is 27.9 Å². The minimum absolute atomic E-state index is 0.201. The van der Waals surface area contributed by atoms with Gasteiger partial charge in [-0.25, -0.2) is 4.79 Å². The van der Waals surface area contributed by atoms with E-state index in [4.69, 9.17) is 9.47 Å². The van der Waals surface area contributed by atoms with E-state index in [9.17, 15) is 9.59 Å². The molecule has 1 N–H and O–H groups in total. The zero-order valence-corrected chi connectivity index (χ0v) is 16.3. The number of rotatable bonds is 5. The number of nitrogens with zero attached hydrogens (tertiary/aromatic N) is 1. The molecule has 136 valence electrons. The molecule has 7 heteroatoms. The lowest BCUT2D eigenvalue weighted by molar-refractivity contribution is -0.131. The molecule has 1 aliphatic heterocycles. The first-order valence-corrected chi connectivity index (χ1v) is 8.79. The van der Waals surface area contributed by atoms with Crippen molar-refractivity contribution in [3.05, 3.63) is 58.1 Å². The Morgan fingerprint density at radius 2 is 1.81 bits per heavy atom. The summed E-state index contributed by atoms with van der Waals surface area (Å²) in [4.78, 5) is 26.7. The van der Waals surface area contributed by atoms with Crippen LogP contribution in [0, 0.1) is 0 Å². The molecule has 0 aromatic heterocycles. The van der Waals surface area contributed by atoms with Crippen LogP contribution < -0.4 is 14.8 Å². The topological polar surface area (TPSA) is 67.9 Å². The van der Waals surface area contributed by atoms with Crippen molar-refractivity contribution in [3.8, 4) is 11.5 Å². The van der Waals surface area contributed by atoms with E-state index >= 15 is 0 Å². The van der Waals surface area contributed by atoms with Gasteiger partial charge in [0.15, 0.2) is 11.5 Å². The number of imide groups is 1. The molecule has 1 atom stereocenters. The first kappa shape index (κ1) is 18.3. The highest BCUT2D eigenvalue weighted by molar-refractivity contribution is 9.10. The van der Waals surface area contributed by atoms with Gasteiger partial charge >= 0.3 is 6.03 Å². The zero-order valence-electron chi connectivity index (χ0n) is 14.7. The maximum atomic E-state index is 13.0. The summed E-state index contributed by atoms with van der Waals surface area (Å²) in [6.07, 6.45) is 0. The van der Waals surface area contributed by atoms with Gasteiger partial charge in [0, 0.05) is 4.47 Å². The molecule has 1 aliphatic rings. The third-order valence-corrected chi connectivity index (χ3v) is 4.96. The summed E-state index contributed by atoms with van der Waals surface area (Å²) in [6, 6.07) is 12.3. The second-order valence-electron chi connectivity index (χ2n) is 6.15. The molecule has 6 nitrogen and oxygen atoms in total. The lowest BCUT2D eigenvalue weighted by Crippen LogP contribution is -2.40. The Morgan fingerprint density at radius 1 is 1.08 bits per heavy atom. The molecule has 0 saturated carbocycles. The molecule has 26 heavy (non-hydrogen) atoms. The number of urea groups is 1. The fraction of sp³-hybridized carbons (Fsp3) is 0.263. The number of methoxy groups -OCH3 is 2. The molecular weight excluding hydrogens is 400 g/mol. The number of carbonyl (C=O) groups is 2. The molecule has 3 amide bonds. The Bertz CT molecular complexity index is 870. The van der Waals surface area contributed by atoms with Gasteiger partial charge in [0.1, 0.15) is 5.54 Å². The van der Waals surface area contributed by atoms with Gasteiger partial charge in [0.2, 0.25) is 0 Å². The van der Waals surface area contributed by atoms with Crippen molar-refractivity contribution < 1.29 is 19.1 Å². The van der Waals surface area contributed by atoms with Crippen LogP contribution in [0.15, 0.2) is 46.9 Å². The quantitative estimate of drug-likeness (QED) is 0.755. The van der Waals surface area contributed by atoms with Gasteiger partial charge in [-0.05, 0) is 42.3 Å². The number of hydrogen-bond acceptors (Lipinski definition) is 4. The molecule has 1 heterocycles. The van der Waals surface area contributed by atoms with E-state index in [1.807, 2.05) is 24.3 Å². The van der Waals surface area contributed by atoms with E-state index in [2.05, 4.69) is 21.2 Å². The van der Waals surface area contributed by atoms with Crippen molar-refractivity contribution in [2.24, 2.45) is 0 Å². The van der Waals surface area contributed by atoms with Crippen LogP contribution in [0.5, 0.6) is 11.5 Å². The van der Waals surface area contributed by atoms with Gasteiger partial charge in [-0.2, -0.15) is 0 Å². The zero-order chi connectivity index (χ0) is 18.9. The van der Waals surface area contributed by atoms with Crippen molar-refractivity contribution in [3.63, 3.8) is 0 Å². The highest BCUT2D eigenvalue weighted by Gasteiger charge is 2.49. The fourth-order valence-corrected chi connectivity index (χ4v) is 3.45. The normalized spacial score (nSPS) is 19.5. The van der Waals surface area contributed by atoms with Crippen LogP contribution in [0.25, 0.3) is 0 Å². The Morgan fingerprint density at radius 3 is 2.46 bits per heavy atom. The summed E-state index contributed by atoms with van der Waals surface area (Å²) in [7, 11) is 3.07. The molecule has 0 bridgehead atoms. The predicted molar refractivity (Wildman–Crippen MR) is 100 cm³/mol. The summed E-state index contributed by atoms with van der Waals surface area (Å²) in [5.41, 5.74) is 0.326. The molecule has 0 spiro atoms. The number of benzene rings is 2. The second kappa shape index (κ2) is 6.99. The Labute approximate surface area is 160 Å². The first-order valence-electron chi connectivity index (χ1n) is 8.00. The molecule has 0 unspecified atom stereocenters. The lowest BCUT2D eigenvalue weighted by Gasteiger charge is -2.23. The molecule has 2 aromatic rings. The van der Waals surface area contributed by atoms with Crippen LogP contribution in [0.4, 0.5) is 4.79 Å². The highest BCUT2D eigenvalue weighted by Crippen LogP contribution is 2.35. The summed E-state index contributed by atoms with van der Waals surface area (Å²) in [5.74, 6) is 0.746. The number of hydrogen-bond donors (Lipinski definition) is 1. The van der Waals surface area contributed by atoms with Crippen LogP contribution in [0.3, 0.4) is 0 Å². The van der Waals surface area contributed by atoms with E-state index in [0.717, 1.165) is 10.0 Å². The van der Waals surface area contributed by atoms with Gasteiger partial charge in [0.05, 0.1) is 20.8 Å². The first-order chi connectivity index (χ1) is 12.4. The average Bonchev–Trinajstić information content (AvgIpc) is 2.85. The molecule has 0 aliphatic carbocycles. The Kier molecular flexibility index (Phi) is 4.91. The Hall–Kier alpha value is -2.54. The van der Waals surface area contributed by atoms with Crippen molar-refractivity contribution in [1.29, 1.82) is 0 Å². The van der Waals surface area contributed by atoms with Crippen molar-refractivity contribution in [1.82, 2.24) is 10.2 Å². The maximum Gasteiger partial charge on any atom is 0.325 e. The smallest absolute Gasteiger partial charge is 0.325 e. The van der Waals surface area contributed by atoms with Gasteiger partial charge in [-0.1, -0.05) is 34.1 Å². The third kappa shape index (κ3) is 3.14. The van der Waals surface area contributed by atoms with Crippen LogP contribution in [0.2, 0.25) is 0 Å². The number of nitrogens with one attached hydrogen (secondary N) is 1. The lowest BCUT2D eigenvalue weighted by atomic mass is 9.91. The molecular formula is C19H19BrN2O4. The van der Waals surface area contributed by atoms with Crippen LogP contribution in [-0.2, 0) is 16.9 Å². The number of halogens is 1. The molecule has 0 radical (unpaired) electrons. The van der Waals surface area contributed by atoms with Gasteiger partial charge < -0.3 is 14.8 Å². The van der Waals surface area contributed by atoms with E-state index in [1.165, 1.54) is 12.0 Å². The summed E-state index contributed by atoms with van der Waals surface area (Å²) >= 11 is 3.40. The van der Waals surface area contributed by atoms with E-state index in [1.54, 1.807) is 32.2 Å². The molecule has 3 rings (SSSR count). The van der Waals surface area contributed by atoms with Gasteiger partial charge in [-0.15, -0.1) is 0 Å². The summed E-state index contributed by atoms with van der Waals surface area (Å²) in [5, 5.41) is 2.80. The van der Waals surface area contributed by atoms with Crippen LogP contribution in [0.1, 0.15) is 18.1 Å². The van der Waals surface area contributed by atoms with E-state index in [0.29, 0.717) is 17.1 Å². The predicted octanol–water partition coefficient (Wildman–Crippen LogP) is 3.43. The van der Waals surface area contributed by atoms with Crippen molar-refractivity contribution in [2.45, 2.75) is 19.0 Å². The number of amides is 3. The fourth-order valence-electron chi connectivity index (χ4n) is 3.00. The van der Waals surface area contributed by atoms with Gasteiger partial charge in [0.25, 0.3) is 5.91 Å². The van der Waals surface area contributed by atoms with Crippen molar-refractivity contribution in [2.75, 3.05) is 14.2 Å². The highest BCUT2D eigenvalue weighted by atomic mass is 79.9. The summed E-state index contributed by atoms with van der Waals surface area (Å²) in [6.45, 7) is 1.89.